The fourth-order valence-corrected chi connectivity index (χ4v) is 1.48. The van der Waals surface area contributed by atoms with Gasteiger partial charge in [-0.2, -0.15) is 0 Å². The first-order chi connectivity index (χ1) is 6.29. The van der Waals surface area contributed by atoms with Gasteiger partial charge in [0.25, 0.3) is 0 Å². The first-order valence-corrected chi connectivity index (χ1v) is 5.45. The molecule has 0 aromatic heterocycles. The van der Waals surface area contributed by atoms with Crippen molar-refractivity contribution in [1.29, 1.82) is 0 Å². The highest BCUT2D eigenvalue weighted by molar-refractivity contribution is 5.99. The van der Waals surface area contributed by atoms with Crippen molar-refractivity contribution in [3.05, 3.63) is 11.6 Å². The standard InChI is InChI=1S/C12H23N/c1-5-8-10-11(9-6-2)12(7-3)13-4/h10H,5-9H2,1-4H3/b11-10+,13-12?. The van der Waals surface area contributed by atoms with Crippen LogP contribution in [-0.4, -0.2) is 12.8 Å². The molecule has 0 amide bonds. The van der Waals surface area contributed by atoms with Gasteiger partial charge in [-0.25, -0.2) is 0 Å². The van der Waals surface area contributed by atoms with Crippen molar-refractivity contribution in [3.8, 4) is 0 Å². The normalized spacial score (nSPS) is 13.5. The minimum absolute atomic E-state index is 1.06. The van der Waals surface area contributed by atoms with Crippen molar-refractivity contribution in [2.24, 2.45) is 4.99 Å². The highest BCUT2D eigenvalue weighted by atomic mass is 14.7. The van der Waals surface area contributed by atoms with Crippen LogP contribution in [0.1, 0.15) is 52.9 Å². The summed E-state index contributed by atoms with van der Waals surface area (Å²) in [6.45, 7) is 6.62. The summed E-state index contributed by atoms with van der Waals surface area (Å²) in [5, 5.41) is 0. The van der Waals surface area contributed by atoms with E-state index < -0.39 is 0 Å². The predicted octanol–water partition coefficient (Wildman–Crippen LogP) is 3.99. The molecule has 0 fully saturated rings. The third kappa shape index (κ3) is 4.87. The third-order valence-electron chi connectivity index (χ3n) is 2.17. The van der Waals surface area contributed by atoms with E-state index in [1.165, 1.54) is 37.0 Å². The first kappa shape index (κ1) is 12.4. The van der Waals surface area contributed by atoms with Crippen molar-refractivity contribution < 1.29 is 0 Å². The van der Waals surface area contributed by atoms with Gasteiger partial charge in [0.2, 0.25) is 0 Å². The summed E-state index contributed by atoms with van der Waals surface area (Å²) >= 11 is 0. The predicted molar refractivity (Wildman–Crippen MR) is 61.5 cm³/mol. The van der Waals surface area contributed by atoms with Crippen LogP contribution in [0, 0.1) is 0 Å². The van der Waals surface area contributed by atoms with Crippen LogP contribution in [0.4, 0.5) is 0 Å². The van der Waals surface area contributed by atoms with Gasteiger partial charge in [-0.1, -0.05) is 39.7 Å². The molecule has 1 nitrogen and oxygen atoms in total. The number of rotatable bonds is 6. The number of hydrogen-bond donors (Lipinski definition) is 0. The molecule has 0 atom stereocenters. The second kappa shape index (κ2) is 8.03. The maximum absolute atomic E-state index is 4.33. The average molecular weight is 181 g/mol. The van der Waals surface area contributed by atoms with Crippen LogP contribution >= 0.6 is 0 Å². The second-order valence-electron chi connectivity index (χ2n) is 3.29. The molecule has 0 aliphatic carbocycles. The zero-order valence-corrected chi connectivity index (χ0v) is 9.56. The van der Waals surface area contributed by atoms with E-state index in [0.29, 0.717) is 0 Å². The van der Waals surface area contributed by atoms with Gasteiger partial charge in [0.05, 0.1) is 0 Å². The lowest BCUT2D eigenvalue weighted by Gasteiger charge is -2.07. The van der Waals surface area contributed by atoms with Gasteiger partial charge in [0, 0.05) is 12.8 Å². The second-order valence-corrected chi connectivity index (χ2v) is 3.29. The average Bonchev–Trinajstić information content (AvgIpc) is 2.16. The molecule has 0 rings (SSSR count). The quantitative estimate of drug-likeness (QED) is 0.549. The van der Waals surface area contributed by atoms with Crippen LogP contribution in [-0.2, 0) is 0 Å². The molecule has 0 aliphatic heterocycles. The SMILES string of the molecule is CCC/C=C(\CCC)C(CC)=NC. The fourth-order valence-electron chi connectivity index (χ4n) is 1.48. The topological polar surface area (TPSA) is 12.4 Å². The summed E-state index contributed by atoms with van der Waals surface area (Å²) in [6.07, 6.45) is 8.23. The Bertz CT molecular complexity index is 178. The Kier molecular flexibility index (Phi) is 7.66. The molecule has 0 aromatic carbocycles. The number of nitrogens with zero attached hydrogens (tertiary/aromatic N) is 1. The van der Waals surface area contributed by atoms with Gasteiger partial charge in [-0.15, -0.1) is 0 Å². The van der Waals surface area contributed by atoms with Crippen molar-refractivity contribution >= 4 is 5.71 Å². The fraction of sp³-hybridized carbons (Fsp3) is 0.750. The Hall–Kier alpha value is -0.590. The Morgan fingerprint density at radius 2 is 1.85 bits per heavy atom. The summed E-state index contributed by atoms with van der Waals surface area (Å²) in [5.74, 6) is 0. The number of aliphatic imine (C=N–C) groups is 1. The van der Waals surface area contributed by atoms with E-state index in [1.807, 2.05) is 7.05 Å². The molecule has 0 unspecified atom stereocenters. The molecular weight excluding hydrogens is 158 g/mol. The van der Waals surface area contributed by atoms with Gasteiger partial charge in [-0.3, -0.25) is 4.99 Å². The van der Waals surface area contributed by atoms with Gasteiger partial charge < -0.3 is 0 Å². The van der Waals surface area contributed by atoms with E-state index in [9.17, 15) is 0 Å². The molecule has 0 saturated carbocycles. The van der Waals surface area contributed by atoms with E-state index >= 15 is 0 Å². The smallest absolute Gasteiger partial charge is 0.0370 e. The van der Waals surface area contributed by atoms with Crippen LogP contribution in [0.25, 0.3) is 0 Å². The Morgan fingerprint density at radius 3 is 2.23 bits per heavy atom. The zero-order valence-electron chi connectivity index (χ0n) is 9.56. The van der Waals surface area contributed by atoms with Crippen LogP contribution in [0.3, 0.4) is 0 Å². The van der Waals surface area contributed by atoms with E-state index in [4.69, 9.17) is 0 Å². The van der Waals surface area contributed by atoms with E-state index in [-0.39, 0.29) is 0 Å². The Morgan fingerprint density at radius 1 is 1.15 bits per heavy atom. The molecule has 0 spiro atoms. The summed E-state index contributed by atoms with van der Waals surface area (Å²) in [5.41, 5.74) is 2.75. The molecule has 0 bridgehead atoms. The van der Waals surface area contributed by atoms with Crippen molar-refractivity contribution in [3.63, 3.8) is 0 Å². The molecule has 0 heterocycles. The number of allylic oxidation sites excluding steroid dienone is 2. The van der Waals surface area contributed by atoms with Crippen LogP contribution < -0.4 is 0 Å². The Balaban J connectivity index is 4.38. The van der Waals surface area contributed by atoms with Crippen LogP contribution in [0.2, 0.25) is 0 Å². The number of hydrogen-bond acceptors (Lipinski definition) is 1. The van der Waals surface area contributed by atoms with Crippen molar-refractivity contribution in [2.45, 2.75) is 52.9 Å². The first-order valence-electron chi connectivity index (χ1n) is 5.45. The zero-order chi connectivity index (χ0) is 10.1. The minimum atomic E-state index is 1.06. The third-order valence-corrected chi connectivity index (χ3v) is 2.17. The summed E-state index contributed by atoms with van der Waals surface area (Å²) in [7, 11) is 1.90. The van der Waals surface area contributed by atoms with Crippen LogP contribution in [0.15, 0.2) is 16.6 Å². The molecule has 76 valence electrons. The van der Waals surface area contributed by atoms with Crippen molar-refractivity contribution in [1.82, 2.24) is 0 Å². The molecule has 0 radical (unpaired) electrons. The maximum atomic E-state index is 4.33. The van der Waals surface area contributed by atoms with E-state index in [0.717, 1.165) is 6.42 Å². The van der Waals surface area contributed by atoms with E-state index in [1.54, 1.807) is 0 Å². The molecule has 0 aliphatic rings. The summed E-state index contributed by atoms with van der Waals surface area (Å²) < 4.78 is 0. The van der Waals surface area contributed by atoms with E-state index in [2.05, 4.69) is 31.8 Å². The largest absolute Gasteiger partial charge is 0.293 e. The Labute approximate surface area is 83.0 Å². The summed E-state index contributed by atoms with van der Waals surface area (Å²) in [6, 6.07) is 0. The molecule has 13 heavy (non-hydrogen) atoms. The van der Waals surface area contributed by atoms with Crippen molar-refractivity contribution in [2.75, 3.05) is 7.05 Å². The molecule has 0 aromatic rings. The lowest BCUT2D eigenvalue weighted by atomic mass is 10.0. The summed E-state index contributed by atoms with van der Waals surface area (Å²) in [4.78, 5) is 4.33. The molecule has 0 N–H and O–H groups in total. The van der Waals surface area contributed by atoms with Gasteiger partial charge in [0.1, 0.15) is 0 Å². The van der Waals surface area contributed by atoms with Gasteiger partial charge >= 0.3 is 0 Å². The molecule has 1 heteroatoms. The van der Waals surface area contributed by atoms with Gasteiger partial charge in [-0.05, 0) is 24.8 Å². The lowest BCUT2D eigenvalue weighted by molar-refractivity contribution is 0.897. The highest BCUT2D eigenvalue weighted by Gasteiger charge is 2.01. The highest BCUT2D eigenvalue weighted by Crippen LogP contribution is 2.11. The number of unbranched alkanes of at least 4 members (excludes halogenated alkanes) is 1. The lowest BCUT2D eigenvalue weighted by Crippen LogP contribution is -2.01. The van der Waals surface area contributed by atoms with Gasteiger partial charge in [0.15, 0.2) is 0 Å². The monoisotopic (exact) mass is 181 g/mol. The molecular formula is C12H23N. The minimum Gasteiger partial charge on any atom is -0.293 e. The molecule has 0 saturated heterocycles. The maximum Gasteiger partial charge on any atom is 0.0370 e. The van der Waals surface area contributed by atoms with Crippen LogP contribution in [0.5, 0.6) is 0 Å².